The van der Waals surface area contributed by atoms with Crippen molar-refractivity contribution in [1.82, 2.24) is 10.2 Å². The Morgan fingerprint density at radius 1 is 1.44 bits per heavy atom. The van der Waals surface area contributed by atoms with Crippen LogP contribution >= 0.6 is 0 Å². The van der Waals surface area contributed by atoms with Crippen LogP contribution in [-0.2, 0) is 6.54 Å². The highest BCUT2D eigenvalue weighted by atomic mass is 15.2. The molecule has 1 N–H and O–H groups in total. The van der Waals surface area contributed by atoms with Gasteiger partial charge < -0.3 is 5.32 Å². The molecule has 2 nitrogen and oxygen atoms in total. The molecule has 1 aromatic carbocycles. The molecule has 0 radical (unpaired) electrons. The second-order valence-electron chi connectivity index (χ2n) is 6.04. The van der Waals surface area contributed by atoms with Gasteiger partial charge >= 0.3 is 0 Å². The minimum atomic E-state index is 0.274. The van der Waals surface area contributed by atoms with Gasteiger partial charge in [0.15, 0.2) is 0 Å². The molecule has 2 atom stereocenters. The molecule has 0 aliphatic carbocycles. The summed E-state index contributed by atoms with van der Waals surface area (Å²) in [5.41, 5.74) is 3.06. The Labute approximate surface area is 111 Å². The van der Waals surface area contributed by atoms with Crippen LogP contribution in [0.4, 0.5) is 0 Å². The van der Waals surface area contributed by atoms with E-state index in [1.54, 1.807) is 0 Å². The van der Waals surface area contributed by atoms with Crippen molar-refractivity contribution in [3.63, 3.8) is 0 Å². The maximum Gasteiger partial charge on any atom is 0.0278 e. The highest BCUT2D eigenvalue weighted by molar-refractivity contribution is 5.22. The summed E-state index contributed by atoms with van der Waals surface area (Å²) in [5, 5.41) is 3.68. The van der Waals surface area contributed by atoms with Crippen molar-refractivity contribution in [2.45, 2.75) is 52.2 Å². The van der Waals surface area contributed by atoms with Crippen LogP contribution in [0.5, 0.6) is 0 Å². The van der Waals surface area contributed by atoms with Gasteiger partial charge in [-0.2, -0.15) is 0 Å². The average Bonchev–Trinajstić information content (AvgIpc) is 2.34. The lowest BCUT2D eigenvalue weighted by Gasteiger charge is -2.45. The quantitative estimate of drug-likeness (QED) is 0.882. The molecule has 1 saturated heterocycles. The van der Waals surface area contributed by atoms with E-state index in [0.717, 1.165) is 19.6 Å². The van der Waals surface area contributed by atoms with Crippen molar-refractivity contribution in [2.75, 3.05) is 13.1 Å². The molecular weight excluding hydrogens is 220 g/mol. The molecule has 1 aromatic rings. The van der Waals surface area contributed by atoms with Crippen molar-refractivity contribution in [3.8, 4) is 0 Å². The summed E-state index contributed by atoms with van der Waals surface area (Å²) in [5.74, 6) is 0. The minimum absolute atomic E-state index is 0.274. The summed E-state index contributed by atoms with van der Waals surface area (Å²) >= 11 is 0. The Morgan fingerprint density at radius 2 is 2.22 bits per heavy atom. The van der Waals surface area contributed by atoms with Crippen molar-refractivity contribution in [1.29, 1.82) is 0 Å². The summed E-state index contributed by atoms with van der Waals surface area (Å²) in [6, 6.07) is 9.49. The Bertz CT molecular complexity index is 402. The number of aryl methyl sites for hydroxylation is 1. The van der Waals surface area contributed by atoms with E-state index in [-0.39, 0.29) is 5.54 Å². The molecule has 0 amide bonds. The van der Waals surface area contributed by atoms with Gasteiger partial charge in [0.2, 0.25) is 0 Å². The van der Waals surface area contributed by atoms with E-state index in [0.29, 0.717) is 6.04 Å². The molecule has 100 valence electrons. The number of nitrogens with one attached hydrogen (secondary N) is 1. The highest BCUT2D eigenvalue weighted by Crippen LogP contribution is 2.21. The summed E-state index contributed by atoms with van der Waals surface area (Å²) in [6.07, 6.45) is 1.18. The fraction of sp³-hybridized carbons (Fsp3) is 0.625. The first kappa shape index (κ1) is 13.6. The summed E-state index contributed by atoms with van der Waals surface area (Å²) in [4.78, 5) is 2.61. The molecule has 0 aromatic heterocycles. The fourth-order valence-corrected chi connectivity index (χ4v) is 2.68. The van der Waals surface area contributed by atoms with Crippen LogP contribution in [0.15, 0.2) is 24.3 Å². The smallest absolute Gasteiger partial charge is 0.0278 e. The molecule has 0 bridgehead atoms. The molecule has 0 saturated carbocycles. The fourth-order valence-electron chi connectivity index (χ4n) is 2.68. The van der Waals surface area contributed by atoms with E-state index >= 15 is 0 Å². The van der Waals surface area contributed by atoms with Gasteiger partial charge in [0.1, 0.15) is 0 Å². The molecule has 1 fully saturated rings. The lowest BCUT2D eigenvalue weighted by atomic mass is 9.93. The third-order valence-electron chi connectivity index (χ3n) is 4.25. The number of hydrogen-bond acceptors (Lipinski definition) is 2. The lowest BCUT2D eigenvalue weighted by molar-refractivity contribution is 0.0866. The molecule has 2 rings (SSSR count). The van der Waals surface area contributed by atoms with Crippen LogP contribution in [0, 0.1) is 6.92 Å². The number of nitrogens with zero attached hydrogens (tertiary/aromatic N) is 1. The number of benzene rings is 1. The molecule has 1 heterocycles. The van der Waals surface area contributed by atoms with Gasteiger partial charge in [0, 0.05) is 31.2 Å². The number of piperazine rings is 1. The largest absolute Gasteiger partial charge is 0.309 e. The third kappa shape index (κ3) is 3.12. The Hall–Kier alpha value is -0.860. The van der Waals surface area contributed by atoms with Crippen molar-refractivity contribution in [2.24, 2.45) is 0 Å². The second kappa shape index (κ2) is 5.41. The van der Waals surface area contributed by atoms with Crippen LogP contribution < -0.4 is 5.32 Å². The zero-order valence-corrected chi connectivity index (χ0v) is 12.2. The van der Waals surface area contributed by atoms with Gasteiger partial charge in [-0.25, -0.2) is 0 Å². The first-order valence-electron chi connectivity index (χ1n) is 7.07. The average molecular weight is 246 g/mol. The lowest BCUT2D eigenvalue weighted by Crippen LogP contribution is -2.61. The summed E-state index contributed by atoms with van der Waals surface area (Å²) in [6.45, 7) is 12.4. The van der Waals surface area contributed by atoms with E-state index < -0.39 is 0 Å². The molecular formula is C16H26N2. The van der Waals surface area contributed by atoms with Crippen LogP contribution in [0.3, 0.4) is 0 Å². The molecule has 0 spiro atoms. The Kier molecular flexibility index (Phi) is 4.08. The predicted molar refractivity (Wildman–Crippen MR) is 77.7 cm³/mol. The maximum absolute atomic E-state index is 3.68. The van der Waals surface area contributed by atoms with Gasteiger partial charge in [0.25, 0.3) is 0 Å². The van der Waals surface area contributed by atoms with E-state index in [1.807, 2.05) is 0 Å². The van der Waals surface area contributed by atoms with Gasteiger partial charge in [-0.1, -0.05) is 36.8 Å². The summed E-state index contributed by atoms with van der Waals surface area (Å²) < 4.78 is 0. The van der Waals surface area contributed by atoms with Gasteiger partial charge in [-0.05, 0) is 32.8 Å². The van der Waals surface area contributed by atoms with E-state index in [9.17, 15) is 0 Å². The molecule has 2 unspecified atom stereocenters. The predicted octanol–water partition coefficient (Wildman–Crippen LogP) is 2.96. The topological polar surface area (TPSA) is 15.3 Å². The SMILES string of the molecule is CCC1(C)CN(Cc2cccc(C)c2)C(C)CN1. The first-order chi connectivity index (χ1) is 8.52. The Balaban J connectivity index is 2.07. The number of rotatable bonds is 3. The summed E-state index contributed by atoms with van der Waals surface area (Å²) in [7, 11) is 0. The molecule has 1 aliphatic rings. The van der Waals surface area contributed by atoms with Crippen LogP contribution in [-0.4, -0.2) is 29.6 Å². The van der Waals surface area contributed by atoms with E-state index in [1.165, 1.54) is 17.5 Å². The van der Waals surface area contributed by atoms with E-state index in [2.05, 4.69) is 62.2 Å². The minimum Gasteiger partial charge on any atom is -0.309 e. The second-order valence-corrected chi connectivity index (χ2v) is 6.04. The van der Waals surface area contributed by atoms with Crippen LogP contribution in [0.25, 0.3) is 0 Å². The normalized spacial score (nSPS) is 29.4. The van der Waals surface area contributed by atoms with E-state index in [4.69, 9.17) is 0 Å². The highest BCUT2D eigenvalue weighted by Gasteiger charge is 2.32. The van der Waals surface area contributed by atoms with Crippen LogP contribution in [0.2, 0.25) is 0 Å². The molecule has 18 heavy (non-hydrogen) atoms. The number of hydrogen-bond donors (Lipinski definition) is 1. The zero-order valence-electron chi connectivity index (χ0n) is 12.2. The van der Waals surface area contributed by atoms with Gasteiger partial charge in [0.05, 0.1) is 0 Å². The zero-order chi connectivity index (χ0) is 13.2. The van der Waals surface area contributed by atoms with Crippen molar-refractivity contribution in [3.05, 3.63) is 35.4 Å². The standard InChI is InChI=1S/C16H26N2/c1-5-16(4)12-18(14(3)10-17-16)11-15-8-6-7-13(2)9-15/h6-9,14,17H,5,10-12H2,1-4H3. The first-order valence-corrected chi connectivity index (χ1v) is 7.07. The van der Waals surface area contributed by atoms with Gasteiger partial charge in [-0.3, -0.25) is 4.90 Å². The molecule has 1 aliphatic heterocycles. The van der Waals surface area contributed by atoms with Crippen molar-refractivity contribution < 1.29 is 0 Å². The monoisotopic (exact) mass is 246 g/mol. The van der Waals surface area contributed by atoms with Crippen LogP contribution in [0.1, 0.15) is 38.3 Å². The Morgan fingerprint density at radius 3 is 2.89 bits per heavy atom. The van der Waals surface area contributed by atoms with Gasteiger partial charge in [-0.15, -0.1) is 0 Å². The maximum atomic E-state index is 3.68. The third-order valence-corrected chi connectivity index (χ3v) is 4.25. The molecule has 2 heteroatoms. The van der Waals surface area contributed by atoms with Crippen molar-refractivity contribution >= 4 is 0 Å².